The van der Waals surface area contributed by atoms with Gasteiger partial charge in [-0.3, -0.25) is 9.59 Å². The first-order chi connectivity index (χ1) is 14.0. The van der Waals surface area contributed by atoms with Crippen molar-refractivity contribution in [1.29, 1.82) is 0 Å². The number of aromatic amines is 1. The molecule has 0 saturated carbocycles. The van der Waals surface area contributed by atoms with E-state index in [0.717, 1.165) is 22.0 Å². The van der Waals surface area contributed by atoms with Gasteiger partial charge in [-0.25, -0.2) is 0 Å². The smallest absolute Gasteiger partial charge is 0.257 e. The van der Waals surface area contributed by atoms with E-state index in [9.17, 15) is 14.7 Å². The molecule has 0 aliphatic heterocycles. The average molecular weight is 394 g/mol. The summed E-state index contributed by atoms with van der Waals surface area (Å²) in [5.74, 6) is 0.237. The first-order valence-electron chi connectivity index (χ1n) is 9.61. The number of ether oxygens (including phenoxy) is 1. The predicted molar refractivity (Wildman–Crippen MR) is 113 cm³/mol. The third kappa shape index (κ3) is 4.32. The van der Waals surface area contributed by atoms with Crippen LogP contribution in [-0.4, -0.2) is 41.2 Å². The molecule has 0 saturated heterocycles. The molecule has 29 heavy (non-hydrogen) atoms. The molecule has 3 aromatic rings. The minimum atomic E-state index is -0.240. The number of aromatic nitrogens is 1. The Morgan fingerprint density at radius 3 is 2.66 bits per heavy atom. The number of aliphatic hydroxyl groups excluding tert-OH is 1. The lowest BCUT2D eigenvalue weighted by Gasteiger charge is -2.23. The molecule has 0 aliphatic carbocycles. The van der Waals surface area contributed by atoms with E-state index in [1.165, 1.54) is 7.11 Å². The number of benzene rings is 2. The lowest BCUT2D eigenvalue weighted by molar-refractivity contribution is 0.0728. The number of hydrogen-bond donors (Lipinski definition) is 2. The number of methoxy groups -OCH3 is 1. The molecule has 0 aliphatic rings. The highest BCUT2D eigenvalue weighted by Gasteiger charge is 2.20. The molecular weight excluding hydrogens is 368 g/mol. The zero-order valence-electron chi connectivity index (χ0n) is 17.0. The van der Waals surface area contributed by atoms with Crippen LogP contribution in [0.1, 0.15) is 33.5 Å². The van der Waals surface area contributed by atoms with E-state index in [2.05, 4.69) is 4.98 Å². The summed E-state index contributed by atoms with van der Waals surface area (Å²) in [6.45, 7) is 4.42. The van der Waals surface area contributed by atoms with Crippen LogP contribution in [0.15, 0.2) is 47.3 Å². The van der Waals surface area contributed by atoms with Crippen LogP contribution in [-0.2, 0) is 6.54 Å². The number of H-pyrrole nitrogens is 1. The Morgan fingerprint density at radius 1 is 1.17 bits per heavy atom. The highest BCUT2D eigenvalue weighted by molar-refractivity contribution is 5.97. The maximum atomic E-state index is 13.2. The Hall–Kier alpha value is -3.12. The van der Waals surface area contributed by atoms with E-state index in [1.54, 1.807) is 29.2 Å². The molecular formula is C23H26N2O4. The van der Waals surface area contributed by atoms with Crippen LogP contribution in [0.3, 0.4) is 0 Å². The fourth-order valence-corrected chi connectivity index (χ4v) is 3.40. The number of hydrogen-bond acceptors (Lipinski definition) is 4. The van der Waals surface area contributed by atoms with Gasteiger partial charge in [0.1, 0.15) is 5.75 Å². The van der Waals surface area contributed by atoms with Gasteiger partial charge in [0, 0.05) is 18.7 Å². The molecule has 0 spiro atoms. The number of aliphatic hydroxyl groups is 1. The summed E-state index contributed by atoms with van der Waals surface area (Å²) in [4.78, 5) is 30.4. The van der Waals surface area contributed by atoms with Crippen LogP contribution < -0.4 is 10.3 Å². The van der Waals surface area contributed by atoms with Crippen molar-refractivity contribution in [3.8, 4) is 5.75 Å². The monoisotopic (exact) mass is 394 g/mol. The van der Waals surface area contributed by atoms with Gasteiger partial charge in [0.05, 0.1) is 24.7 Å². The van der Waals surface area contributed by atoms with Crippen molar-refractivity contribution in [3.63, 3.8) is 0 Å². The minimum absolute atomic E-state index is 0.0394. The summed E-state index contributed by atoms with van der Waals surface area (Å²) in [5.41, 5.74) is 3.67. The molecule has 6 heteroatoms. The van der Waals surface area contributed by atoms with Gasteiger partial charge in [0.15, 0.2) is 0 Å². The molecule has 0 bridgehead atoms. The molecule has 0 atom stereocenters. The van der Waals surface area contributed by atoms with Crippen LogP contribution in [0.25, 0.3) is 10.9 Å². The Morgan fingerprint density at radius 2 is 1.93 bits per heavy atom. The van der Waals surface area contributed by atoms with Gasteiger partial charge in [-0.15, -0.1) is 0 Å². The van der Waals surface area contributed by atoms with Crippen LogP contribution in [0.4, 0.5) is 0 Å². The van der Waals surface area contributed by atoms with E-state index in [0.29, 0.717) is 29.8 Å². The average Bonchev–Trinajstić information content (AvgIpc) is 2.74. The van der Waals surface area contributed by atoms with Gasteiger partial charge in [0.2, 0.25) is 0 Å². The lowest BCUT2D eigenvalue weighted by Crippen LogP contribution is -2.34. The molecule has 6 nitrogen and oxygen atoms in total. The first-order valence-corrected chi connectivity index (χ1v) is 9.61. The van der Waals surface area contributed by atoms with Gasteiger partial charge < -0.3 is 19.7 Å². The van der Waals surface area contributed by atoms with Crippen molar-refractivity contribution in [3.05, 3.63) is 75.1 Å². The Bertz CT molecular complexity index is 1090. The normalized spacial score (nSPS) is 10.9. The van der Waals surface area contributed by atoms with Crippen LogP contribution >= 0.6 is 0 Å². The highest BCUT2D eigenvalue weighted by atomic mass is 16.5. The minimum Gasteiger partial charge on any atom is -0.496 e. The zero-order chi connectivity index (χ0) is 21.0. The fourth-order valence-electron chi connectivity index (χ4n) is 3.40. The topological polar surface area (TPSA) is 82.6 Å². The number of nitrogens with one attached hydrogen (secondary N) is 1. The number of aryl methyl sites for hydroxylation is 2. The predicted octanol–water partition coefficient (Wildman–Crippen LogP) is 3.18. The summed E-state index contributed by atoms with van der Waals surface area (Å²) >= 11 is 0. The Labute approximate surface area is 169 Å². The Kier molecular flexibility index (Phi) is 6.34. The maximum absolute atomic E-state index is 13.2. The number of para-hydroxylation sites is 1. The SMILES string of the molecule is COc1ccccc1C(=O)N(CCCO)Cc1cc2ccc(C)c(C)c2[nH]c1=O. The molecule has 0 fully saturated rings. The summed E-state index contributed by atoms with van der Waals surface area (Å²) in [5, 5.41) is 10.2. The molecule has 0 radical (unpaired) electrons. The second-order valence-corrected chi connectivity index (χ2v) is 7.10. The molecule has 152 valence electrons. The molecule has 2 N–H and O–H groups in total. The van der Waals surface area contributed by atoms with E-state index in [4.69, 9.17) is 4.74 Å². The highest BCUT2D eigenvalue weighted by Crippen LogP contribution is 2.22. The third-order valence-electron chi connectivity index (χ3n) is 5.20. The molecule has 1 heterocycles. The molecule has 2 aromatic carbocycles. The van der Waals surface area contributed by atoms with Crippen LogP contribution in [0.5, 0.6) is 5.75 Å². The number of carbonyl (C=O) groups is 1. The Balaban J connectivity index is 1.98. The third-order valence-corrected chi connectivity index (χ3v) is 5.20. The number of nitrogens with zero attached hydrogens (tertiary/aromatic N) is 1. The van der Waals surface area contributed by atoms with Gasteiger partial charge in [-0.05, 0) is 55.0 Å². The molecule has 1 amide bonds. The summed E-state index contributed by atoms with van der Waals surface area (Å²) in [6.07, 6.45) is 0.421. The summed E-state index contributed by atoms with van der Waals surface area (Å²) in [7, 11) is 1.52. The molecule has 0 unspecified atom stereocenters. The van der Waals surface area contributed by atoms with E-state index in [-0.39, 0.29) is 24.6 Å². The molecule has 1 aromatic heterocycles. The van der Waals surface area contributed by atoms with Gasteiger partial charge >= 0.3 is 0 Å². The second-order valence-electron chi connectivity index (χ2n) is 7.10. The van der Waals surface area contributed by atoms with E-state index >= 15 is 0 Å². The van der Waals surface area contributed by atoms with Gasteiger partial charge in [-0.1, -0.05) is 24.3 Å². The number of carbonyl (C=O) groups excluding carboxylic acids is 1. The van der Waals surface area contributed by atoms with Crippen LogP contribution in [0.2, 0.25) is 0 Å². The van der Waals surface area contributed by atoms with Crippen molar-refractivity contribution in [2.24, 2.45) is 0 Å². The van der Waals surface area contributed by atoms with Crippen molar-refractivity contribution >= 4 is 16.8 Å². The van der Waals surface area contributed by atoms with Crippen LogP contribution in [0, 0.1) is 13.8 Å². The fraction of sp³-hybridized carbons (Fsp3) is 0.304. The number of amides is 1. The maximum Gasteiger partial charge on any atom is 0.257 e. The summed E-state index contributed by atoms with van der Waals surface area (Å²) in [6, 6.07) is 12.8. The quantitative estimate of drug-likeness (QED) is 0.645. The molecule has 3 rings (SSSR count). The first kappa shape index (κ1) is 20.6. The number of rotatable bonds is 7. The van der Waals surface area contributed by atoms with Gasteiger partial charge in [0.25, 0.3) is 11.5 Å². The standard InChI is InChI=1S/C23H26N2O4/c1-15-9-10-17-13-18(22(27)24-21(17)16(15)2)14-25(11-6-12-26)23(28)19-7-4-5-8-20(19)29-3/h4-5,7-10,13,26H,6,11-12,14H2,1-3H3,(H,24,27). The van der Waals surface area contributed by atoms with Crippen molar-refractivity contribution in [2.75, 3.05) is 20.3 Å². The van der Waals surface area contributed by atoms with Gasteiger partial charge in [-0.2, -0.15) is 0 Å². The lowest BCUT2D eigenvalue weighted by atomic mass is 10.0. The van der Waals surface area contributed by atoms with E-state index < -0.39 is 0 Å². The zero-order valence-corrected chi connectivity index (χ0v) is 17.0. The summed E-state index contributed by atoms with van der Waals surface area (Å²) < 4.78 is 5.31. The van der Waals surface area contributed by atoms with E-state index in [1.807, 2.05) is 32.0 Å². The van der Waals surface area contributed by atoms with Crippen molar-refractivity contribution in [2.45, 2.75) is 26.8 Å². The van der Waals surface area contributed by atoms with Crippen molar-refractivity contribution < 1.29 is 14.6 Å². The largest absolute Gasteiger partial charge is 0.496 e. The second kappa shape index (κ2) is 8.92. The number of pyridine rings is 1. The number of fused-ring (bicyclic) bond motifs is 1. The van der Waals surface area contributed by atoms with Crippen molar-refractivity contribution in [1.82, 2.24) is 9.88 Å².